The standard InChI is InChI=1S/C30H37FN4O3/c1-24-13-14-28(38-24)22-34(18-15-25-9-4-2-5-10-25)29(36)23-35(20-19-33-16-6-3-7-17-33)30(37)32-27-12-8-11-26(31)21-27/h2,4-5,8-14,21H,3,6-7,15-20,22-23H2,1H3,(H,32,37). The molecule has 4 rings (SSSR count). The van der Waals surface area contributed by atoms with Gasteiger partial charge >= 0.3 is 6.03 Å². The lowest BCUT2D eigenvalue weighted by Gasteiger charge is -2.31. The van der Waals surface area contributed by atoms with E-state index in [0.717, 1.165) is 37.3 Å². The van der Waals surface area contributed by atoms with Gasteiger partial charge in [-0.2, -0.15) is 0 Å². The molecule has 0 atom stereocenters. The molecule has 2 aromatic carbocycles. The minimum Gasteiger partial charge on any atom is -0.464 e. The monoisotopic (exact) mass is 520 g/mol. The number of benzene rings is 2. The van der Waals surface area contributed by atoms with Crippen LogP contribution in [-0.2, 0) is 17.8 Å². The first kappa shape index (κ1) is 27.4. The zero-order valence-electron chi connectivity index (χ0n) is 22.1. The second-order valence-electron chi connectivity index (χ2n) is 9.83. The summed E-state index contributed by atoms with van der Waals surface area (Å²) in [6, 6.07) is 19.1. The molecule has 3 amide bonds. The highest BCUT2D eigenvalue weighted by Gasteiger charge is 2.24. The van der Waals surface area contributed by atoms with Gasteiger partial charge in [-0.15, -0.1) is 0 Å². The van der Waals surface area contributed by atoms with Crippen LogP contribution < -0.4 is 5.32 Å². The Bertz CT molecular complexity index is 1180. The summed E-state index contributed by atoms with van der Waals surface area (Å²) in [5, 5.41) is 2.76. The molecule has 1 aromatic heterocycles. The van der Waals surface area contributed by atoms with Gasteiger partial charge in [-0.1, -0.05) is 42.8 Å². The number of hydrogen-bond donors (Lipinski definition) is 1. The van der Waals surface area contributed by atoms with Crippen molar-refractivity contribution in [2.75, 3.05) is 44.6 Å². The van der Waals surface area contributed by atoms with Gasteiger partial charge in [0.05, 0.1) is 6.54 Å². The van der Waals surface area contributed by atoms with E-state index in [4.69, 9.17) is 4.42 Å². The van der Waals surface area contributed by atoms with Crippen molar-refractivity contribution in [1.82, 2.24) is 14.7 Å². The number of urea groups is 1. The number of carbonyl (C=O) groups excluding carboxylic acids is 2. The Hall–Kier alpha value is -3.65. The number of piperidine rings is 1. The van der Waals surface area contributed by atoms with Crippen molar-refractivity contribution >= 4 is 17.6 Å². The van der Waals surface area contributed by atoms with Crippen molar-refractivity contribution in [3.05, 3.63) is 89.6 Å². The molecule has 38 heavy (non-hydrogen) atoms. The Morgan fingerprint density at radius 3 is 2.45 bits per heavy atom. The molecule has 1 aliphatic rings. The van der Waals surface area contributed by atoms with Gasteiger partial charge in [-0.25, -0.2) is 9.18 Å². The van der Waals surface area contributed by atoms with E-state index in [1.54, 1.807) is 17.0 Å². The van der Waals surface area contributed by atoms with Crippen LogP contribution in [-0.4, -0.2) is 65.9 Å². The molecule has 3 aromatic rings. The summed E-state index contributed by atoms with van der Waals surface area (Å²) < 4.78 is 19.5. The third-order valence-electron chi connectivity index (χ3n) is 6.83. The zero-order valence-corrected chi connectivity index (χ0v) is 22.1. The topological polar surface area (TPSA) is 69.0 Å². The summed E-state index contributed by atoms with van der Waals surface area (Å²) in [5.41, 5.74) is 1.49. The average Bonchev–Trinajstić information content (AvgIpc) is 3.34. The zero-order chi connectivity index (χ0) is 26.7. The summed E-state index contributed by atoms with van der Waals surface area (Å²) in [5.74, 6) is 0.892. The van der Waals surface area contributed by atoms with Gasteiger partial charge in [0.25, 0.3) is 0 Å². The molecule has 1 fully saturated rings. The lowest BCUT2D eigenvalue weighted by Crippen LogP contribution is -2.47. The summed E-state index contributed by atoms with van der Waals surface area (Å²) >= 11 is 0. The SMILES string of the molecule is Cc1ccc(CN(CCc2ccccc2)C(=O)CN(CCN2CCCCC2)C(=O)Nc2cccc(F)c2)o1. The van der Waals surface area contributed by atoms with Crippen LogP contribution in [0.3, 0.4) is 0 Å². The molecular weight excluding hydrogens is 483 g/mol. The minimum absolute atomic E-state index is 0.0799. The number of nitrogens with zero attached hydrogens (tertiary/aromatic N) is 3. The maximum atomic E-state index is 13.7. The van der Waals surface area contributed by atoms with E-state index in [-0.39, 0.29) is 12.5 Å². The number of carbonyl (C=O) groups is 2. The molecule has 7 nitrogen and oxygen atoms in total. The van der Waals surface area contributed by atoms with E-state index in [1.807, 2.05) is 49.4 Å². The van der Waals surface area contributed by atoms with Crippen LogP contribution >= 0.6 is 0 Å². The largest absolute Gasteiger partial charge is 0.464 e. The molecule has 8 heteroatoms. The Morgan fingerprint density at radius 2 is 1.74 bits per heavy atom. The number of furan rings is 1. The van der Waals surface area contributed by atoms with E-state index < -0.39 is 11.8 Å². The highest BCUT2D eigenvalue weighted by Crippen LogP contribution is 2.14. The van der Waals surface area contributed by atoms with Crippen LogP contribution in [0.2, 0.25) is 0 Å². The van der Waals surface area contributed by atoms with Gasteiger partial charge in [-0.05, 0) is 75.2 Å². The molecule has 1 N–H and O–H groups in total. The summed E-state index contributed by atoms with van der Waals surface area (Å²) in [6.07, 6.45) is 4.20. The number of nitrogens with one attached hydrogen (secondary N) is 1. The molecule has 1 aliphatic heterocycles. The van der Waals surface area contributed by atoms with E-state index in [0.29, 0.717) is 44.0 Å². The number of aryl methyl sites for hydroxylation is 1. The Labute approximate surface area is 224 Å². The normalized spacial score (nSPS) is 13.7. The first-order chi connectivity index (χ1) is 18.5. The second-order valence-corrected chi connectivity index (χ2v) is 9.83. The van der Waals surface area contributed by atoms with Crippen LogP contribution in [0.4, 0.5) is 14.9 Å². The Balaban J connectivity index is 1.47. The highest BCUT2D eigenvalue weighted by molar-refractivity contribution is 5.92. The first-order valence-corrected chi connectivity index (χ1v) is 13.4. The van der Waals surface area contributed by atoms with Crippen molar-refractivity contribution in [2.45, 2.75) is 39.2 Å². The average molecular weight is 521 g/mol. The van der Waals surface area contributed by atoms with Crippen molar-refractivity contribution < 1.29 is 18.4 Å². The van der Waals surface area contributed by atoms with Crippen molar-refractivity contribution in [2.24, 2.45) is 0 Å². The molecule has 0 saturated carbocycles. The smallest absolute Gasteiger partial charge is 0.322 e. The fraction of sp³-hybridized carbons (Fsp3) is 0.400. The van der Waals surface area contributed by atoms with Crippen molar-refractivity contribution in [1.29, 1.82) is 0 Å². The number of hydrogen-bond acceptors (Lipinski definition) is 4. The van der Waals surface area contributed by atoms with Crippen LogP contribution in [0.25, 0.3) is 0 Å². The van der Waals surface area contributed by atoms with Crippen LogP contribution in [0, 0.1) is 12.7 Å². The molecule has 0 aliphatic carbocycles. The Morgan fingerprint density at radius 1 is 0.947 bits per heavy atom. The van der Waals surface area contributed by atoms with Gasteiger partial charge < -0.3 is 24.4 Å². The second kappa shape index (κ2) is 13.8. The molecular formula is C30H37FN4O3. The Kier molecular flexibility index (Phi) is 9.92. The third-order valence-corrected chi connectivity index (χ3v) is 6.83. The quantitative estimate of drug-likeness (QED) is 0.372. The maximum Gasteiger partial charge on any atom is 0.322 e. The van der Waals surface area contributed by atoms with E-state index in [9.17, 15) is 14.0 Å². The highest BCUT2D eigenvalue weighted by atomic mass is 19.1. The van der Waals surface area contributed by atoms with Crippen molar-refractivity contribution in [3.8, 4) is 0 Å². The van der Waals surface area contributed by atoms with Gasteiger partial charge in [-0.3, -0.25) is 4.79 Å². The molecule has 2 heterocycles. The fourth-order valence-electron chi connectivity index (χ4n) is 4.69. The van der Waals surface area contributed by atoms with Gasteiger partial charge in [0.1, 0.15) is 23.9 Å². The van der Waals surface area contributed by atoms with Gasteiger partial charge in [0.15, 0.2) is 0 Å². The van der Waals surface area contributed by atoms with Crippen LogP contribution in [0.1, 0.15) is 36.3 Å². The number of amides is 3. The maximum absolute atomic E-state index is 13.7. The number of halogens is 1. The molecule has 0 bridgehead atoms. The first-order valence-electron chi connectivity index (χ1n) is 13.4. The van der Waals surface area contributed by atoms with Gasteiger partial charge in [0.2, 0.25) is 5.91 Å². The molecule has 1 saturated heterocycles. The lowest BCUT2D eigenvalue weighted by atomic mass is 10.1. The molecule has 0 unspecified atom stereocenters. The minimum atomic E-state index is -0.431. The van der Waals surface area contributed by atoms with E-state index in [2.05, 4.69) is 10.2 Å². The van der Waals surface area contributed by atoms with E-state index in [1.165, 1.54) is 23.5 Å². The number of rotatable bonds is 11. The predicted molar refractivity (Wildman–Crippen MR) is 146 cm³/mol. The van der Waals surface area contributed by atoms with Crippen LogP contribution in [0.5, 0.6) is 0 Å². The molecule has 0 spiro atoms. The number of likely N-dealkylation sites (tertiary alicyclic amines) is 1. The lowest BCUT2D eigenvalue weighted by molar-refractivity contribution is -0.132. The molecule has 202 valence electrons. The summed E-state index contributed by atoms with van der Waals surface area (Å²) in [7, 11) is 0. The van der Waals surface area contributed by atoms with Gasteiger partial charge in [0, 0.05) is 25.3 Å². The van der Waals surface area contributed by atoms with Crippen molar-refractivity contribution in [3.63, 3.8) is 0 Å². The molecule has 0 radical (unpaired) electrons. The predicted octanol–water partition coefficient (Wildman–Crippen LogP) is 5.32. The van der Waals surface area contributed by atoms with E-state index >= 15 is 0 Å². The summed E-state index contributed by atoms with van der Waals surface area (Å²) in [6.45, 7) is 5.69. The summed E-state index contributed by atoms with van der Waals surface area (Å²) in [4.78, 5) is 32.5. The third kappa shape index (κ3) is 8.45. The fourth-order valence-corrected chi connectivity index (χ4v) is 4.69. The van der Waals surface area contributed by atoms with Crippen LogP contribution in [0.15, 0.2) is 71.1 Å². The number of anilines is 1.